The van der Waals surface area contributed by atoms with Crippen LogP contribution in [0, 0.1) is 5.92 Å². The first-order valence-corrected chi connectivity index (χ1v) is 16.1. The molecule has 3 aliphatic rings. The van der Waals surface area contributed by atoms with E-state index in [4.69, 9.17) is 9.72 Å². The Morgan fingerprint density at radius 2 is 1.82 bits per heavy atom. The molecule has 3 aromatic carbocycles. The van der Waals surface area contributed by atoms with Crippen LogP contribution in [0.1, 0.15) is 42.4 Å². The summed E-state index contributed by atoms with van der Waals surface area (Å²) >= 11 is 0. The molecule has 45 heavy (non-hydrogen) atoms. The van der Waals surface area contributed by atoms with Gasteiger partial charge in [-0.15, -0.1) is 0 Å². The summed E-state index contributed by atoms with van der Waals surface area (Å²) in [4.78, 5) is 27.4. The van der Waals surface area contributed by atoms with Crippen LogP contribution in [-0.4, -0.2) is 65.9 Å². The molecule has 0 radical (unpaired) electrons. The van der Waals surface area contributed by atoms with Crippen molar-refractivity contribution in [3.63, 3.8) is 0 Å². The molecule has 4 aromatic rings. The largest absolute Gasteiger partial charge is 0.496 e. The van der Waals surface area contributed by atoms with Crippen LogP contribution in [-0.2, 0) is 24.3 Å². The summed E-state index contributed by atoms with van der Waals surface area (Å²) < 4.78 is 5.71. The van der Waals surface area contributed by atoms with Crippen molar-refractivity contribution in [2.45, 2.75) is 45.2 Å². The van der Waals surface area contributed by atoms with E-state index >= 15 is 0 Å². The number of ketones is 1. The molecule has 7 rings (SSSR count). The lowest BCUT2D eigenvalue weighted by atomic mass is 9.90. The molecule has 8 nitrogen and oxygen atoms in total. The molecule has 0 aliphatic carbocycles. The van der Waals surface area contributed by atoms with E-state index in [0.29, 0.717) is 18.2 Å². The zero-order valence-electron chi connectivity index (χ0n) is 26.5. The lowest BCUT2D eigenvalue weighted by Gasteiger charge is -2.31. The van der Waals surface area contributed by atoms with Crippen molar-refractivity contribution in [1.29, 1.82) is 0 Å². The third-order valence-corrected chi connectivity index (χ3v) is 8.92. The van der Waals surface area contributed by atoms with Crippen molar-refractivity contribution in [1.82, 2.24) is 19.8 Å². The molecule has 0 amide bonds. The van der Waals surface area contributed by atoms with Gasteiger partial charge in [0.15, 0.2) is 0 Å². The van der Waals surface area contributed by atoms with Crippen LogP contribution in [0.3, 0.4) is 0 Å². The van der Waals surface area contributed by atoms with E-state index in [1.165, 1.54) is 11.1 Å². The molecule has 234 valence electrons. The van der Waals surface area contributed by atoms with Gasteiger partial charge in [0.05, 0.1) is 12.8 Å². The maximum Gasteiger partial charge on any atom is 0.227 e. The number of aromatic nitrogens is 2. The minimum atomic E-state index is 0.170. The Balaban J connectivity index is 1.29. The topological polar surface area (TPSA) is 82.6 Å². The molecule has 1 fully saturated rings. The average Bonchev–Trinajstić information content (AvgIpc) is 3.05. The summed E-state index contributed by atoms with van der Waals surface area (Å²) in [5.41, 5.74) is 7.48. The zero-order valence-corrected chi connectivity index (χ0v) is 26.5. The molecule has 0 spiro atoms. The highest BCUT2D eigenvalue weighted by Crippen LogP contribution is 2.29. The Bertz CT molecular complexity index is 1590. The molecule has 2 N–H and O–H groups in total. The van der Waals surface area contributed by atoms with E-state index in [1.54, 1.807) is 13.3 Å². The van der Waals surface area contributed by atoms with Crippen molar-refractivity contribution in [3.05, 3.63) is 95.7 Å². The standard InChI is InChI=1S/C37H44N6O2/c1-42-18-6-9-35(44)29-14-19-43(20-15-29)25-28-21-32(38-16-12-27-7-4-3-5-8-27)24-33(22-28)40-37-39-17-13-34(41-37)30-10-11-36(45-2)31(23-30)26-42/h3-5,7-8,10-11,13,17,21-24,29,38H,6,9,12,14-16,18-20,25-26H2,1-2H3,(H,39,40,41). The monoisotopic (exact) mass is 604 g/mol. The predicted octanol–water partition coefficient (Wildman–Crippen LogP) is 6.56. The number of nitrogens with one attached hydrogen (secondary N) is 2. The minimum Gasteiger partial charge on any atom is -0.496 e. The van der Waals surface area contributed by atoms with Crippen molar-refractivity contribution in [2.24, 2.45) is 5.92 Å². The summed E-state index contributed by atoms with van der Waals surface area (Å²) in [7, 11) is 3.82. The summed E-state index contributed by atoms with van der Waals surface area (Å²) in [5.74, 6) is 1.99. The zero-order chi connectivity index (χ0) is 31.0. The van der Waals surface area contributed by atoms with Crippen LogP contribution in [0.2, 0.25) is 0 Å². The Kier molecular flexibility index (Phi) is 10.0. The Hall–Kier alpha value is -4.27. The van der Waals surface area contributed by atoms with Crippen molar-refractivity contribution in [2.75, 3.05) is 51.0 Å². The van der Waals surface area contributed by atoms with Gasteiger partial charge in [0, 0.05) is 60.7 Å². The number of fused-ring (bicyclic) bond motifs is 7. The summed E-state index contributed by atoms with van der Waals surface area (Å²) in [6.45, 7) is 5.13. The maximum atomic E-state index is 13.1. The van der Waals surface area contributed by atoms with Crippen molar-refractivity contribution in [3.8, 4) is 17.0 Å². The van der Waals surface area contributed by atoms with Gasteiger partial charge in [-0.25, -0.2) is 9.97 Å². The van der Waals surface area contributed by atoms with Gasteiger partial charge in [-0.3, -0.25) is 9.69 Å². The first-order valence-electron chi connectivity index (χ1n) is 16.1. The Labute approximate surface area is 266 Å². The van der Waals surface area contributed by atoms with Crippen LogP contribution < -0.4 is 15.4 Å². The second kappa shape index (κ2) is 14.7. The number of hydrogen-bond acceptors (Lipinski definition) is 8. The smallest absolute Gasteiger partial charge is 0.227 e. The fourth-order valence-corrected chi connectivity index (χ4v) is 6.49. The van der Waals surface area contributed by atoms with Gasteiger partial charge < -0.3 is 20.3 Å². The average molecular weight is 605 g/mol. The molecule has 8 bridgehead atoms. The van der Waals surface area contributed by atoms with Gasteiger partial charge in [0.25, 0.3) is 0 Å². The normalized spacial score (nSPS) is 19.3. The van der Waals surface area contributed by atoms with Gasteiger partial charge in [-0.2, -0.15) is 0 Å². The molecule has 4 heterocycles. The van der Waals surface area contributed by atoms with Gasteiger partial charge in [-0.1, -0.05) is 30.3 Å². The highest BCUT2D eigenvalue weighted by molar-refractivity contribution is 5.81. The number of Topliss-reactive ketones (excluding diaryl/α,β-unsaturated/α-hetero) is 1. The number of anilines is 3. The van der Waals surface area contributed by atoms with Crippen LogP contribution in [0.5, 0.6) is 5.75 Å². The van der Waals surface area contributed by atoms with Gasteiger partial charge in [-0.05, 0) is 106 Å². The number of methoxy groups -OCH3 is 1. The van der Waals surface area contributed by atoms with Crippen molar-refractivity contribution >= 4 is 23.1 Å². The van der Waals surface area contributed by atoms with E-state index in [2.05, 4.69) is 87.1 Å². The summed E-state index contributed by atoms with van der Waals surface area (Å²) in [5, 5.41) is 7.13. The fraction of sp³-hybridized carbons (Fsp3) is 0.378. The summed E-state index contributed by atoms with van der Waals surface area (Å²) in [6.07, 6.45) is 6.12. The Morgan fingerprint density at radius 3 is 2.64 bits per heavy atom. The van der Waals surface area contributed by atoms with Crippen LogP contribution in [0.15, 0.2) is 79.0 Å². The number of carbonyl (C=O) groups excluding carboxylic acids is 1. The number of carbonyl (C=O) groups is 1. The molecule has 3 aliphatic heterocycles. The SMILES string of the molecule is COc1ccc2cc1CN(C)CCCC(=O)C1CCN(CC1)Cc1cc(NCCc3ccccc3)cc(c1)Nc1nccc-2n1. The lowest BCUT2D eigenvalue weighted by molar-refractivity contribution is -0.124. The van der Waals surface area contributed by atoms with Gasteiger partial charge in [0.1, 0.15) is 11.5 Å². The molecule has 1 saturated heterocycles. The van der Waals surface area contributed by atoms with Crippen LogP contribution in [0.4, 0.5) is 17.3 Å². The molecule has 0 atom stereocenters. The Morgan fingerprint density at radius 1 is 0.978 bits per heavy atom. The number of rotatable bonds is 5. The molecule has 0 saturated carbocycles. The van der Waals surface area contributed by atoms with Crippen LogP contribution in [0.25, 0.3) is 11.3 Å². The molecule has 1 aromatic heterocycles. The van der Waals surface area contributed by atoms with Gasteiger partial charge in [0.2, 0.25) is 5.95 Å². The first kappa shape index (κ1) is 30.7. The van der Waals surface area contributed by atoms with Crippen molar-refractivity contribution < 1.29 is 9.53 Å². The molecule has 0 unspecified atom stereocenters. The van der Waals surface area contributed by atoms with Gasteiger partial charge >= 0.3 is 0 Å². The first-order chi connectivity index (χ1) is 22.0. The maximum absolute atomic E-state index is 13.1. The van der Waals surface area contributed by atoms with E-state index in [9.17, 15) is 4.79 Å². The van der Waals surface area contributed by atoms with E-state index in [0.717, 1.165) is 98.9 Å². The van der Waals surface area contributed by atoms with E-state index in [1.807, 2.05) is 18.2 Å². The molecular formula is C37H44N6O2. The number of nitrogens with zero attached hydrogens (tertiary/aromatic N) is 4. The highest BCUT2D eigenvalue weighted by atomic mass is 16.5. The quantitative estimate of drug-likeness (QED) is 0.265. The number of benzene rings is 3. The highest BCUT2D eigenvalue weighted by Gasteiger charge is 2.25. The van der Waals surface area contributed by atoms with Crippen LogP contribution >= 0.6 is 0 Å². The second-order valence-electron chi connectivity index (χ2n) is 12.4. The lowest BCUT2D eigenvalue weighted by Crippen LogP contribution is -2.36. The third kappa shape index (κ3) is 8.26. The molecular weight excluding hydrogens is 560 g/mol. The minimum absolute atomic E-state index is 0.170. The number of ether oxygens (including phenoxy) is 1. The summed E-state index contributed by atoms with van der Waals surface area (Å²) in [6, 6.07) is 25.3. The second-order valence-corrected chi connectivity index (χ2v) is 12.4. The molecule has 8 heteroatoms. The van der Waals surface area contributed by atoms with E-state index in [-0.39, 0.29) is 5.92 Å². The number of hydrogen-bond donors (Lipinski definition) is 2. The number of piperidine rings is 1. The predicted molar refractivity (Wildman–Crippen MR) is 181 cm³/mol. The third-order valence-electron chi connectivity index (χ3n) is 8.92. The van der Waals surface area contributed by atoms with E-state index < -0.39 is 0 Å². The fourth-order valence-electron chi connectivity index (χ4n) is 6.49.